The van der Waals surface area contributed by atoms with Gasteiger partial charge in [0.2, 0.25) is 17.6 Å². The number of rotatable bonds is 7. The molecule has 9 heteroatoms. The molecule has 1 fully saturated rings. The van der Waals surface area contributed by atoms with Crippen LogP contribution in [0.5, 0.6) is 0 Å². The van der Waals surface area contributed by atoms with E-state index in [1.807, 2.05) is 12.1 Å². The fourth-order valence-electron chi connectivity index (χ4n) is 3.50. The van der Waals surface area contributed by atoms with Crippen molar-refractivity contribution < 1.29 is 18.5 Å². The molecule has 1 atom stereocenters. The van der Waals surface area contributed by atoms with E-state index in [2.05, 4.69) is 20.4 Å². The van der Waals surface area contributed by atoms with Gasteiger partial charge < -0.3 is 19.2 Å². The van der Waals surface area contributed by atoms with Crippen molar-refractivity contribution in [2.75, 3.05) is 13.1 Å². The minimum atomic E-state index is -0.139. The molecule has 0 aromatic carbocycles. The minimum absolute atomic E-state index is 0.0423. The Hall–Kier alpha value is -3.49. The zero-order valence-electron chi connectivity index (χ0n) is 16.5. The van der Waals surface area contributed by atoms with Crippen LogP contribution in [0.25, 0.3) is 11.4 Å². The summed E-state index contributed by atoms with van der Waals surface area (Å²) in [6.45, 7) is 1.16. The lowest BCUT2D eigenvalue weighted by Gasteiger charge is -2.32. The van der Waals surface area contributed by atoms with Gasteiger partial charge in [-0.15, -0.1) is 0 Å². The van der Waals surface area contributed by atoms with Crippen LogP contribution >= 0.6 is 0 Å². The maximum atomic E-state index is 12.4. The largest absolute Gasteiger partial charge is 0.459 e. The first-order valence-electron chi connectivity index (χ1n) is 10.0. The van der Waals surface area contributed by atoms with Crippen LogP contribution in [-0.4, -0.2) is 51.0 Å². The Kier molecular flexibility index (Phi) is 6.17. The third-order valence-electron chi connectivity index (χ3n) is 4.99. The van der Waals surface area contributed by atoms with Crippen LogP contribution in [0.15, 0.2) is 51.9 Å². The van der Waals surface area contributed by atoms with Crippen molar-refractivity contribution in [3.63, 3.8) is 0 Å². The van der Waals surface area contributed by atoms with Gasteiger partial charge in [-0.05, 0) is 43.5 Å². The van der Waals surface area contributed by atoms with E-state index in [-0.39, 0.29) is 17.9 Å². The van der Waals surface area contributed by atoms with Crippen LogP contribution in [0.2, 0.25) is 0 Å². The molecule has 4 heterocycles. The topological polar surface area (TPSA) is 114 Å². The molecule has 0 bridgehead atoms. The Morgan fingerprint density at radius 1 is 1.27 bits per heavy atom. The molecular weight excluding hydrogens is 386 g/mol. The smallest absolute Gasteiger partial charge is 0.289 e. The van der Waals surface area contributed by atoms with E-state index in [0.29, 0.717) is 49.8 Å². The summed E-state index contributed by atoms with van der Waals surface area (Å²) in [6, 6.07) is 6.97. The first-order valence-corrected chi connectivity index (χ1v) is 10.0. The third kappa shape index (κ3) is 4.91. The van der Waals surface area contributed by atoms with Gasteiger partial charge in [-0.2, -0.15) is 4.98 Å². The number of aromatic nitrogens is 3. The maximum absolute atomic E-state index is 12.4. The van der Waals surface area contributed by atoms with Crippen molar-refractivity contribution in [1.82, 2.24) is 25.3 Å². The van der Waals surface area contributed by atoms with Gasteiger partial charge in [0.05, 0.1) is 6.26 Å². The van der Waals surface area contributed by atoms with Gasteiger partial charge in [0.25, 0.3) is 5.91 Å². The van der Waals surface area contributed by atoms with Crippen LogP contribution in [0.3, 0.4) is 0 Å². The molecule has 0 saturated carbocycles. The number of carbonyl (C=O) groups excluding carboxylic acids is 2. The monoisotopic (exact) mass is 409 g/mol. The van der Waals surface area contributed by atoms with E-state index in [4.69, 9.17) is 8.94 Å². The second-order valence-corrected chi connectivity index (χ2v) is 7.24. The van der Waals surface area contributed by atoms with Crippen LogP contribution < -0.4 is 5.32 Å². The van der Waals surface area contributed by atoms with Gasteiger partial charge in [0.1, 0.15) is 0 Å². The zero-order valence-corrected chi connectivity index (χ0v) is 16.5. The van der Waals surface area contributed by atoms with Crippen LogP contribution in [-0.2, 0) is 11.2 Å². The number of hydrogen-bond acceptors (Lipinski definition) is 7. The molecule has 0 spiro atoms. The summed E-state index contributed by atoms with van der Waals surface area (Å²) in [7, 11) is 0. The molecule has 3 aromatic rings. The number of piperidine rings is 1. The predicted molar refractivity (Wildman–Crippen MR) is 106 cm³/mol. The van der Waals surface area contributed by atoms with E-state index in [9.17, 15) is 9.59 Å². The Morgan fingerprint density at radius 3 is 3.00 bits per heavy atom. The van der Waals surface area contributed by atoms with Gasteiger partial charge in [-0.1, -0.05) is 5.16 Å². The average molecular weight is 409 g/mol. The molecule has 4 rings (SSSR count). The van der Waals surface area contributed by atoms with Crippen LogP contribution in [0, 0.1) is 0 Å². The van der Waals surface area contributed by atoms with Crippen molar-refractivity contribution >= 4 is 11.8 Å². The molecule has 156 valence electrons. The Bertz CT molecular complexity index is 970. The average Bonchev–Trinajstić information content (AvgIpc) is 3.47. The molecule has 9 nitrogen and oxygen atoms in total. The number of nitrogens with zero attached hydrogens (tertiary/aromatic N) is 4. The molecule has 1 aliphatic rings. The molecule has 2 amide bonds. The highest BCUT2D eigenvalue weighted by molar-refractivity contribution is 5.91. The molecule has 3 aromatic heterocycles. The quantitative estimate of drug-likeness (QED) is 0.637. The van der Waals surface area contributed by atoms with Gasteiger partial charge in [0.15, 0.2) is 5.76 Å². The Morgan fingerprint density at radius 2 is 2.20 bits per heavy atom. The van der Waals surface area contributed by atoms with Crippen molar-refractivity contribution in [1.29, 1.82) is 0 Å². The SMILES string of the molecule is O=C(CCCc1nc(-c2cccnc2)no1)NC1CCCN(C(=O)c2ccco2)C1. The molecule has 1 unspecified atom stereocenters. The number of carbonyl (C=O) groups is 2. The summed E-state index contributed by atoms with van der Waals surface area (Å²) >= 11 is 0. The van der Waals surface area contributed by atoms with Gasteiger partial charge >= 0.3 is 0 Å². The lowest BCUT2D eigenvalue weighted by atomic mass is 10.0. The minimum Gasteiger partial charge on any atom is -0.459 e. The van der Waals surface area contributed by atoms with Gasteiger partial charge in [0, 0.05) is 49.9 Å². The summed E-state index contributed by atoms with van der Waals surface area (Å²) < 4.78 is 10.4. The van der Waals surface area contributed by atoms with Crippen molar-refractivity contribution in [3.05, 3.63) is 54.6 Å². The summed E-state index contributed by atoms with van der Waals surface area (Å²) in [5, 5.41) is 6.98. The van der Waals surface area contributed by atoms with Crippen molar-refractivity contribution in [2.24, 2.45) is 0 Å². The standard InChI is InChI=1S/C21H23N5O4/c27-18(8-1-9-19-24-20(25-30-19)15-5-2-10-22-13-15)23-16-6-3-11-26(14-16)21(28)17-7-4-12-29-17/h2,4-5,7,10,12-13,16H,1,3,6,8-9,11,14H2,(H,23,27). The first kappa shape index (κ1) is 19.8. The fraction of sp³-hybridized carbons (Fsp3) is 0.381. The Balaban J connectivity index is 1.21. The van der Waals surface area contributed by atoms with E-state index in [1.165, 1.54) is 6.26 Å². The molecule has 1 N–H and O–H groups in total. The fourth-order valence-corrected chi connectivity index (χ4v) is 3.50. The summed E-state index contributed by atoms with van der Waals surface area (Å²) in [4.78, 5) is 34.9. The molecule has 0 aliphatic carbocycles. The molecule has 1 saturated heterocycles. The summed E-state index contributed by atoms with van der Waals surface area (Å²) in [6.07, 6.45) is 8.01. The number of aryl methyl sites for hydroxylation is 1. The normalized spacial score (nSPS) is 16.4. The second-order valence-electron chi connectivity index (χ2n) is 7.24. The van der Waals surface area contributed by atoms with E-state index >= 15 is 0 Å². The third-order valence-corrected chi connectivity index (χ3v) is 4.99. The van der Waals surface area contributed by atoms with E-state index in [0.717, 1.165) is 18.4 Å². The van der Waals surface area contributed by atoms with Gasteiger partial charge in [-0.3, -0.25) is 14.6 Å². The second kappa shape index (κ2) is 9.34. The first-order chi connectivity index (χ1) is 14.7. The number of nitrogens with one attached hydrogen (secondary N) is 1. The predicted octanol–water partition coefficient (Wildman–Crippen LogP) is 2.47. The van der Waals surface area contributed by atoms with Crippen LogP contribution in [0.1, 0.15) is 42.1 Å². The maximum Gasteiger partial charge on any atom is 0.289 e. The number of amides is 2. The van der Waals surface area contributed by atoms with Crippen LogP contribution in [0.4, 0.5) is 0 Å². The number of pyridine rings is 1. The highest BCUT2D eigenvalue weighted by Crippen LogP contribution is 2.16. The number of hydrogen-bond donors (Lipinski definition) is 1. The highest BCUT2D eigenvalue weighted by atomic mass is 16.5. The molecule has 1 aliphatic heterocycles. The molecular formula is C21H23N5O4. The summed E-state index contributed by atoms with van der Waals surface area (Å²) in [5.74, 6) is 1.13. The molecule has 30 heavy (non-hydrogen) atoms. The lowest BCUT2D eigenvalue weighted by Crippen LogP contribution is -2.49. The van der Waals surface area contributed by atoms with Gasteiger partial charge in [-0.25, -0.2) is 0 Å². The number of likely N-dealkylation sites (tertiary alicyclic amines) is 1. The summed E-state index contributed by atoms with van der Waals surface area (Å²) in [5.41, 5.74) is 0.788. The van der Waals surface area contributed by atoms with Crippen molar-refractivity contribution in [3.8, 4) is 11.4 Å². The highest BCUT2D eigenvalue weighted by Gasteiger charge is 2.26. The Labute approximate surface area is 173 Å². The van der Waals surface area contributed by atoms with E-state index in [1.54, 1.807) is 29.4 Å². The number of furan rings is 1. The molecule has 0 radical (unpaired) electrons. The zero-order chi connectivity index (χ0) is 20.8. The van der Waals surface area contributed by atoms with Crippen molar-refractivity contribution in [2.45, 2.75) is 38.1 Å². The lowest BCUT2D eigenvalue weighted by molar-refractivity contribution is -0.122. The van der Waals surface area contributed by atoms with E-state index < -0.39 is 0 Å².